The summed E-state index contributed by atoms with van der Waals surface area (Å²) in [6, 6.07) is 31.0. The second-order valence-corrected chi connectivity index (χ2v) is 16.4. The summed E-state index contributed by atoms with van der Waals surface area (Å²) >= 11 is 0. The van der Waals surface area contributed by atoms with Gasteiger partial charge in [0.1, 0.15) is 0 Å². The molecule has 3 heterocycles. The molecular formula is C43H44N6O2. The Hall–Kier alpha value is -5.50. The van der Waals surface area contributed by atoms with Gasteiger partial charge in [0.25, 0.3) is 0 Å². The van der Waals surface area contributed by atoms with Gasteiger partial charge >= 0.3 is 0 Å². The molecule has 6 aromatic rings. The average Bonchev–Trinajstić information content (AvgIpc) is 3.89. The standard InChI is InChI=1S/C43H44N6O2/c1-41(2,3)32-16-10-26(11-17-32)35-25-36(45-44-35)29-22-30(39-48-46-37(50-39)27-12-18-33(19-13-27)42(4,5)6)24-31(23-29)40-49-47-38(51-40)28-14-20-34(21-15-28)43(7,8)9/h10-24H,25H2,1-9H3. The van der Waals surface area contributed by atoms with Crippen LogP contribution in [0.1, 0.15) is 96.6 Å². The van der Waals surface area contributed by atoms with Crippen LogP contribution in [0.15, 0.2) is 110 Å². The number of nitrogens with zero attached hydrogens (tertiary/aromatic N) is 6. The summed E-state index contributed by atoms with van der Waals surface area (Å²) in [5, 5.41) is 27.0. The third kappa shape index (κ3) is 7.22. The van der Waals surface area contributed by atoms with E-state index in [1.54, 1.807) is 0 Å². The highest BCUT2D eigenvalue weighted by Gasteiger charge is 2.23. The van der Waals surface area contributed by atoms with Crippen LogP contribution in [0.4, 0.5) is 0 Å². The zero-order valence-electron chi connectivity index (χ0n) is 30.9. The first-order valence-corrected chi connectivity index (χ1v) is 17.4. The van der Waals surface area contributed by atoms with E-state index in [2.05, 4.69) is 141 Å². The molecule has 0 atom stereocenters. The van der Waals surface area contributed by atoms with Crippen LogP contribution in [0, 0.1) is 0 Å². The molecule has 0 unspecified atom stereocenters. The quantitative estimate of drug-likeness (QED) is 0.174. The summed E-state index contributed by atoms with van der Waals surface area (Å²) in [5.41, 5.74) is 10.7. The molecule has 0 aliphatic carbocycles. The summed E-state index contributed by atoms with van der Waals surface area (Å²) in [6.45, 7) is 19.8. The number of aromatic nitrogens is 4. The third-order valence-corrected chi connectivity index (χ3v) is 9.32. The minimum atomic E-state index is 0.0439. The second-order valence-electron chi connectivity index (χ2n) is 16.4. The number of hydrogen-bond acceptors (Lipinski definition) is 8. The third-order valence-electron chi connectivity index (χ3n) is 9.32. The average molecular weight is 677 g/mol. The predicted molar refractivity (Wildman–Crippen MR) is 204 cm³/mol. The molecule has 2 aromatic heterocycles. The fraction of sp³-hybridized carbons (Fsp3) is 0.302. The van der Waals surface area contributed by atoms with Gasteiger partial charge in [0, 0.05) is 28.7 Å². The highest BCUT2D eigenvalue weighted by Crippen LogP contribution is 2.34. The highest BCUT2D eigenvalue weighted by atomic mass is 16.4. The van der Waals surface area contributed by atoms with E-state index in [9.17, 15) is 0 Å². The summed E-state index contributed by atoms with van der Waals surface area (Å²) in [4.78, 5) is 0. The molecular weight excluding hydrogens is 633 g/mol. The number of hydrogen-bond donors (Lipinski definition) is 0. The Labute approximate surface area is 299 Å². The Morgan fingerprint density at radius 1 is 0.373 bits per heavy atom. The van der Waals surface area contributed by atoms with Gasteiger partial charge in [-0.05, 0) is 86.5 Å². The Kier molecular flexibility index (Phi) is 8.44. The second kappa shape index (κ2) is 12.7. The summed E-state index contributed by atoms with van der Waals surface area (Å²) in [6.07, 6.45) is 0.572. The largest absolute Gasteiger partial charge is 0.416 e. The van der Waals surface area contributed by atoms with Gasteiger partial charge in [0.15, 0.2) is 0 Å². The van der Waals surface area contributed by atoms with E-state index in [1.165, 1.54) is 16.7 Å². The summed E-state index contributed by atoms with van der Waals surface area (Å²) in [5.74, 6) is 1.64. The molecule has 1 aliphatic rings. The van der Waals surface area contributed by atoms with Gasteiger partial charge in [0.2, 0.25) is 23.6 Å². The molecule has 0 amide bonds. The Bertz CT molecular complexity index is 2140. The first-order valence-electron chi connectivity index (χ1n) is 17.4. The fourth-order valence-electron chi connectivity index (χ4n) is 6.01. The molecule has 0 bridgehead atoms. The molecule has 0 saturated carbocycles. The monoisotopic (exact) mass is 676 g/mol. The van der Waals surface area contributed by atoms with Crippen LogP contribution in [0.25, 0.3) is 45.8 Å². The van der Waals surface area contributed by atoms with Gasteiger partial charge in [-0.1, -0.05) is 111 Å². The van der Waals surface area contributed by atoms with Crippen molar-refractivity contribution in [3.05, 3.63) is 119 Å². The number of benzene rings is 4. The smallest absolute Gasteiger partial charge is 0.248 e. The Morgan fingerprint density at radius 3 is 1.02 bits per heavy atom. The van der Waals surface area contributed by atoms with E-state index >= 15 is 0 Å². The van der Waals surface area contributed by atoms with Crippen LogP contribution in [0.3, 0.4) is 0 Å². The SMILES string of the molecule is CC(C)(C)c1ccc(C2=NN=C(c3cc(-c4nnc(-c5ccc(C(C)(C)C)cc5)o4)cc(-c4nnc(-c5ccc(C(C)(C)C)cc5)o4)c3)C2)cc1. The van der Waals surface area contributed by atoms with Gasteiger partial charge < -0.3 is 8.83 Å². The van der Waals surface area contributed by atoms with Crippen molar-refractivity contribution < 1.29 is 8.83 Å². The zero-order chi connectivity index (χ0) is 36.1. The van der Waals surface area contributed by atoms with Crippen molar-refractivity contribution in [2.45, 2.75) is 85.0 Å². The van der Waals surface area contributed by atoms with E-state index in [1.807, 2.05) is 42.5 Å². The lowest BCUT2D eigenvalue weighted by molar-refractivity contribution is 0.580. The Balaban J connectivity index is 1.22. The minimum Gasteiger partial charge on any atom is -0.416 e. The fourth-order valence-corrected chi connectivity index (χ4v) is 6.01. The molecule has 0 saturated heterocycles. The highest BCUT2D eigenvalue weighted by molar-refractivity contribution is 6.20. The molecule has 7 rings (SSSR count). The van der Waals surface area contributed by atoms with Crippen LogP contribution in [0.2, 0.25) is 0 Å². The molecule has 0 fully saturated rings. The van der Waals surface area contributed by atoms with Gasteiger partial charge in [-0.3, -0.25) is 0 Å². The van der Waals surface area contributed by atoms with Crippen LogP contribution in [-0.4, -0.2) is 31.8 Å². The number of rotatable bonds is 6. The van der Waals surface area contributed by atoms with Crippen LogP contribution in [-0.2, 0) is 16.2 Å². The van der Waals surface area contributed by atoms with E-state index in [-0.39, 0.29) is 16.2 Å². The predicted octanol–water partition coefficient (Wildman–Crippen LogP) is 10.6. The first-order chi connectivity index (χ1) is 24.1. The zero-order valence-corrected chi connectivity index (χ0v) is 30.9. The molecule has 0 radical (unpaired) electrons. The molecule has 8 heteroatoms. The van der Waals surface area contributed by atoms with Crippen LogP contribution >= 0.6 is 0 Å². The molecule has 51 heavy (non-hydrogen) atoms. The lowest BCUT2D eigenvalue weighted by Gasteiger charge is -2.19. The van der Waals surface area contributed by atoms with Gasteiger partial charge in [-0.15, -0.1) is 20.4 Å². The summed E-state index contributed by atoms with van der Waals surface area (Å²) < 4.78 is 12.5. The molecule has 4 aromatic carbocycles. The van der Waals surface area contributed by atoms with Crippen molar-refractivity contribution >= 4 is 11.4 Å². The molecule has 258 valence electrons. The summed E-state index contributed by atoms with van der Waals surface area (Å²) in [7, 11) is 0. The lowest BCUT2D eigenvalue weighted by Crippen LogP contribution is -2.11. The first kappa shape index (κ1) is 34.0. The van der Waals surface area contributed by atoms with Gasteiger partial charge in [-0.25, -0.2) is 0 Å². The maximum absolute atomic E-state index is 6.27. The van der Waals surface area contributed by atoms with Crippen molar-refractivity contribution in [3.63, 3.8) is 0 Å². The van der Waals surface area contributed by atoms with E-state index < -0.39 is 0 Å². The van der Waals surface area contributed by atoms with E-state index in [0.29, 0.717) is 41.1 Å². The molecule has 0 N–H and O–H groups in total. The minimum absolute atomic E-state index is 0.0439. The maximum Gasteiger partial charge on any atom is 0.248 e. The van der Waals surface area contributed by atoms with Crippen molar-refractivity contribution in [3.8, 4) is 45.8 Å². The molecule has 8 nitrogen and oxygen atoms in total. The van der Waals surface area contributed by atoms with Crippen molar-refractivity contribution in [2.24, 2.45) is 10.2 Å². The van der Waals surface area contributed by atoms with Gasteiger partial charge in [0.05, 0.1) is 11.4 Å². The molecule has 0 spiro atoms. The molecule has 1 aliphatic heterocycles. The maximum atomic E-state index is 6.27. The lowest BCUT2D eigenvalue weighted by atomic mass is 9.86. The van der Waals surface area contributed by atoms with Crippen LogP contribution in [0.5, 0.6) is 0 Å². The normalized spacial score (nSPS) is 13.7. The topological polar surface area (TPSA) is 103 Å². The van der Waals surface area contributed by atoms with Crippen molar-refractivity contribution in [1.82, 2.24) is 20.4 Å². The van der Waals surface area contributed by atoms with Crippen LogP contribution < -0.4 is 0 Å². The van der Waals surface area contributed by atoms with Crippen molar-refractivity contribution in [2.75, 3.05) is 0 Å². The Morgan fingerprint density at radius 2 is 0.667 bits per heavy atom. The van der Waals surface area contributed by atoms with E-state index in [0.717, 1.165) is 33.7 Å². The van der Waals surface area contributed by atoms with Crippen molar-refractivity contribution in [1.29, 1.82) is 0 Å². The van der Waals surface area contributed by atoms with E-state index in [4.69, 9.17) is 8.83 Å². The van der Waals surface area contributed by atoms with Gasteiger partial charge in [-0.2, -0.15) is 10.2 Å².